The normalized spacial score (nSPS) is 13.1. The molecule has 0 aromatic heterocycles. The number of thioether (sulfide) groups is 1. The molecule has 0 saturated carbocycles. The molecule has 7 heteroatoms. The van der Waals surface area contributed by atoms with Gasteiger partial charge >= 0.3 is 0 Å². The highest BCUT2D eigenvalue weighted by Gasteiger charge is 2.14. The second kappa shape index (κ2) is 7.97. The molecule has 20 heavy (non-hydrogen) atoms. The van der Waals surface area contributed by atoms with Crippen molar-refractivity contribution in [3.63, 3.8) is 0 Å². The van der Waals surface area contributed by atoms with Crippen molar-refractivity contribution in [3.05, 3.63) is 29.8 Å². The SMILES string of the molecule is CSCC(C)CNS(=O)(=O)c1ccc(CC(N)=S)cc1. The molecule has 0 bridgehead atoms. The monoisotopic (exact) mass is 332 g/mol. The van der Waals surface area contributed by atoms with Gasteiger partial charge in [0.05, 0.1) is 9.88 Å². The van der Waals surface area contributed by atoms with Crippen LogP contribution in [0.3, 0.4) is 0 Å². The molecule has 0 radical (unpaired) electrons. The number of hydrogen-bond donors (Lipinski definition) is 2. The van der Waals surface area contributed by atoms with Crippen LogP contribution in [0.2, 0.25) is 0 Å². The molecule has 1 unspecified atom stereocenters. The molecule has 1 rings (SSSR count). The van der Waals surface area contributed by atoms with Crippen LogP contribution in [0.25, 0.3) is 0 Å². The number of benzene rings is 1. The van der Waals surface area contributed by atoms with Crippen LogP contribution in [0.5, 0.6) is 0 Å². The first-order valence-corrected chi connectivity index (χ1v) is 9.49. The summed E-state index contributed by atoms with van der Waals surface area (Å²) in [5.74, 6) is 1.23. The maximum atomic E-state index is 12.1. The third-order valence-corrected chi connectivity index (χ3v) is 5.17. The predicted octanol–water partition coefficient (Wildman–Crippen LogP) is 1.79. The lowest BCUT2D eigenvalue weighted by molar-refractivity contribution is 0.562. The Morgan fingerprint density at radius 2 is 2.00 bits per heavy atom. The minimum absolute atomic E-state index is 0.264. The summed E-state index contributed by atoms with van der Waals surface area (Å²) in [6, 6.07) is 6.63. The summed E-state index contributed by atoms with van der Waals surface area (Å²) in [5, 5.41) is 0. The van der Waals surface area contributed by atoms with Crippen LogP contribution >= 0.6 is 24.0 Å². The third-order valence-electron chi connectivity index (χ3n) is 2.69. The molecule has 0 spiro atoms. The van der Waals surface area contributed by atoms with Gasteiger partial charge in [-0.25, -0.2) is 13.1 Å². The summed E-state index contributed by atoms with van der Waals surface area (Å²) in [7, 11) is -3.44. The summed E-state index contributed by atoms with van der Waals surface area (Å²) in [4.78, 5) is 0.658. The Morgan fingerprint density at radius 3 is 2.50 bits per heavy atom. The molecule has 0 saturated heterocycles. The standard InChI is InChI=1S/C13H20N2O2S3/c1-10(9-19-2)8-15-20(16,17)12-5-3-11(4-6-12)7-13(14)18/h3-6,10,15H,7-9H2,1-2H3,(H2,14,18). The van der Waals surface area contributed by atoms with Gasteiger partial charge in [-0.3, -0.25) is 0 Å². The van der Waals surface area contributed by atoms with Crippen LogP contribution in [0.15, 0.2) is 29.2 Å². The Balaban J connectivity index is 2.70. The largest absolute Gasteiger partial charge is 0.393 e. The molecule has 1 aromatic carbocycles. The third kappa shape index (κ3) is 5.78. The molecular formula is C13H20N2O2S3. The number of nitrogens with one attached hydrogen (secondary N) is 1. The molecule has 4 nitrogen and oxygen atoms in total. The Kier molecular flexibility index (Phi) is 6.94. The van der Waals surface area contributed by atoms with Gasteiger partial charge in [-0.2, -0.15) is 11.8 Å². The molecule has 1 atom stereocenters. The highest BCUT2D eigenvalue weighted by Crippen LogP contribution is 2.12. The summed E-state index contributed by atoms with van der Waals surface area (Å²) in [6.45, 7) is 2.46. The minimum Gasteiger partial charge on any atom is -0.393 e. The van der Waals surface area contributed by atoms with E-state index in [-0.39, 0.29) is 4.90 Å². The first-order chi connectivity index (χ1) is 9.35. The molecule has 112 valence electrons. The van der Waals surface area contributed by atoms with Gasteiger partial charge in [-0.15, -0.1) is 0 Å². The van der Waals surface area contributed by atoms with E-state index in [1.165, 1.54) is 0 Å². The van der Waals surface area contributed by atoms with Gasteiger partial charge in [0.15, 0.2) is 0 Å². The van der Waals surface area contributed by atoms with E-state index < -0.39 is 10.0 Å². The quantitative estimate of drug-likeness (QED) is 0.710. The predicted molar refractivity (Wildman–Crippen MR) is 89.7 cm³/mol. The lowest BCUT2D eigenvalue weighted by Crippen LogP contribution is -2.29. The first kappa shape index (κ1) is 17.4. The second-order valence-corrected chi connectivity index (χ2v) is 7.90. The van der Waals surface area contributed by atoms with Gasteiger partial charge in [0.1, 0.15) is 0 Å². The zero-order chi connectivity index (χ0) is 15.2. The van der Waals surface area contributed by atoms with E-state index in [0.29, 0.717) is 23.9 Å². The maximum Gasteiger partial charge on any atom is 0.240 e. The number of sulfonamides is 1. The van der Waals surface area contributed by atoms with Gasteiger partial charge in [-0.05, 0) is 35.6 Å². The summed E-state index contributed by atoms with van der Waals surface area (Å²) in [6.07, 6.45) is 2.49. The summed E-state index contributed by atoms with van der Waals surface area (Å²) < 4.78 is 26.8. The first-order valence-electron chi connectivity index (χ1n) is 6.21. The zero-order valence-electron chi connectivity index (χ0n) is 11.6. The minimum atomic E-state index is -3.44. The van der Waals surface area contributed by atoms with Crippen LogP contribution < -0.4 is 10.5 Å². The van der Waals surface area contributed by atoms with Gasteiger partial charge in [0.25, 0.3) is 0 Å². The topological polar surface area (TPSA) is 72.2 Å². The van der Waals surface area contributed by atoms with Crippen molar-refractivity contribution in [1.82, 2.24) is 4.72 Å². The molecule has 0 aliphatic heterocycles. The van der Waals surface area contributed by atoms with Crippen molar-refractivity contribution in [3.8, 4) is 0 Å². The number of hydrogen-bond acceptors (Lipinski definition) is 4. The highest BCUT2D eigenvalue weighted by atomic mass is 32.2. The smallest absolute Gasteiger partial charge is 0.240 e. The van der Waals surface area contributed by atoms with Crippen LogP contribution in [0.4, 0.5) is 0 Å². The van der Waals surface area contributed by atoms with E-state index in [2.05, 4.69) is 4.72 Å². The zero-order valence-corrected chi connectivity index (χ0v) is 14.1. The van der Waals surface area contributed by atoms with Crippen LogP contribution in [0, 0.1) is 5.92 Å². The van der Waals surface area contributed by atoms with E-state index in [4.69, 9.17) is 18.0 Å². The van der Waals surface area contributed by atoms with Crippen LogP contribution in [-0.2, 0) is 16.4 Å². The van der Waals surface area contributed by atoms with Crippen molar-refractivity contribution in [2.75, 3.05) is 18.6 Å². The van der Waals surface area contributed by atoms with E-state index in [0.717, 1.165) is 11.3 Å². The van der Waals surface area contributed by atoms with Crippen LogP contribution in [-0.4, -0.2) is 32.0 Å². The molecule has 3 N–H and O–H groups in total. The lowest BCUT2D eigenvalue weighted by Gasteiger charge is -2.12. The molecule has 1 aromatic rings. The molecule has 0 aliphatic carbocycles. The number of thiocarbonyl (C=S) groups is 1. The molecule has 0 heterocycles. The van der Waals surface area contributed by atoms with Crippen molar-refractivity contribution in [2.24, 2.45) is 11.7 Å². The molecule has 0 fully saturated rings. The Bertz CT molecular complexity index is 541. The van der Waals surface area contributed by atoms with E-state index in [1.807, 2.05) is 13.2 Å². The van der Waals surface area contributed by atoms with Crippen LogP contribution in [0.1, 0.15) is 12.5 Å². The van der Waals surface area contributed by atoms with E-state index >= 15 is 0 Å². The van der Waals surface area contributed by atoms with Crippen molar-refractivity contribution < 1.29 is 8.42 Å². The van der Waals surface area contributed by atoms with Gasteiger partial charge < -0.3 is 5.73 Å². The van der Waals surface area contributed by atoms with E-state index in [1.54, 1.807) is 36.0 Å². The fourth-order valence-corrected chi connectivity index (χ4v) is 3.68. The highest BCUT2D eigenvalue weighted by molar-refractivity contribution is 7.98. The average molecular weight is 333 g/mol. The maximum absolute atomic E-state index is 12.1. The van der Waals surface area contributed by atoms with Crippen molar-refractivity contribution in [2.45, 2.75) is 18.2 Å². The fourth-order valence-electron chi connectivity index (χ4n) is 1.67. The summed E-state index contributed by atoms with van der Waals surface area (Å²) >= 11 is 6.53. The summed E-state index contributed by atoms with van der Waals surface area (Å²) in [5.41, 5.74) is 6.37. The number of rotatable bonds is 8. The molecule has 0 amide bonds. The molecule has 0 aliphatic rings. The number of nitrogens with two attached hydrogens (primary N) is 1. The Labute approximate surface area is 130 Å². The fraction of sp³-hybridized carbons (Fsp3) is 0.462. The molecular weight excluding hydrogens is 312 g/mol. The van der Waals surface area contributed by atoms with Gasteiger partial charge in [0.2, 0.25) is 10.0 Å². The van der Waals surface area contributed by atoms with E-state index in [9.17, 15) is 8.42 Å². The Hall–Kier alpha value is -0.630. The van der Waals surface area contributed by atoms with Gasteiger partial charge in [-0.1, -0.05) is 31.3 Å². The average Bonchev–Trinajstić information content (AvgIpc) is 2.37. The lowest BCUT2D eigenvalue weighted by atomic mass is 10.1. The second-order valence-electron chi connectivity index (χ2n) is 4.70. The van der Waals surface area contributed by atoms with Crippen molar-refractivity contribution >= 4 is 39.0 Å². The van der Waals surface area contributed by atoms with Gasteiger partial charge in [0, 0.05) is 13.0 Å². The Morgan fingerprint density at radius 1 is 1.40 bits per heavy atom. The van der Waals surface area contributed by atoms with Crippen molar-refractivity contribution in [1.29, 1.82) is 0 Å².